The number of hydrogen-bond acceptors (Lipinski definition) is 5. The van der Waals surface area contributed by atoms with Crippen LogP contribution in [0.3, 0.4) is 0 Å². The molecule has 0 saturated carbocycles. The summed E-state index contributed by atoms with van der Waals surface area (Å²) in [5.74, 6) is 0.144. The number of rotatable bonds is 9. The molecule has 1 aromatic rings. The second-order valence-electron chi connectivity index (χ2n) is 6.54. The Morgan fingerprint density at radius 3 is 2.46 bits per heavy atom. The second-order valence-corrected chi connectivity index (χ2v) is 6.54. The fourth-order valence-corrected chi connectivity index (χ4v) is 3.19. The van der Waals surface area contributed by atoms with Gasteiger partial charge in [0.1, 0.15) is 6.04 Å². The molecule has 26 heavy (non-hydrogen) atoms. The Bertz CT molecular complexity index is 647. The summed E-state index contributed by atoms with van der Waals surface area (Å²) >= 11 is 0. The van der Waals surface area contributed by atoms with Crippen LogP contribution in [0.2, 0.25) is 0 Å². The third kappa shape index (κ3) is 5.11. The summed E-state index contributed by atoms with van der Waals surface area (Å²) in [6, 6.07) is 3.11. The molecule has 0 bridgehead atoms. The Morgan fingerprint density at radius 2 is 1.88 bits per heavy atom. The maximum absolute atomic E-state index is 12.3. The maximum Gasteiger partial charge on any atom is 0.326 e. The van der Waals surface area contributed by atoms with E-state index in [4.69, 9.17) is 9.47 Å². The quantitative estimate of drug-likeness (QED) is 0.695. The summed E-state index contributed by atoms with van der Waals surface area (Å²) in [4.78, 5) is 25.6. The second kappa shape index (κ2) is 9.43. The number of amides is 1. The number of carbonyl (C=O) groups is 2. The van der Waals surface area contributed by atoms with E-state index in [2.05, 4.69) is 5.32 Å². The molecule has 0 saturated heterocycles. The van der Waals surface area contributed by atoms with Gasteiger partial charge in [-0.3, -0.25) is 9.69 Å². The van der Waals surface area contributed by atoms with E-state index >= 15 is 0 Å². The van der Waals surface area contributed by atoms with Crippen LogP contribution in [0.15, 0.2) is 12.1 Å². The predicted octanol–water partition coefficient (Wildman–Crippen LogP) is 1.82. The van der Waals surface area contributed by atoms with Gasteiger partial charge in [-0.15, -0.1) is 0 Å². The van der Waals surface area contributed by atoms with Gasteiger partial charge in [0, 0.05) is 13.1 Å². The monoisotopic (exact) mass is 364 g/mol. The first-order valence-electron chi connectivity index (χ1n) is 8.96. The molecule has 0 aliphatic carbocycles. The van der Waals surface area contributed by atoms with Crippen LogP contribution in [0.1, 0.15) is 37.3 Å². The first-order chi connectivity index (χ1) is 12.5. The van der Waals surface area contributed by atoms with Gasteiger partial charge in [-0.05, 0) is 36.1 Å². The van der Waals surface area contributed by atoms with Crippen molar-refractivity contribution in [3.8, 4) is 11.5 Å². The lowest BCUT2D eigenvalue weighted by atomic mass is 9.99. The smallest absolute Gasteiger partial charge is 0.326 e. The van der Waals surface area contributed by atoms with E-state index in [1.165, 1.54) is 5.56 Å². The molecule has 1 atom stereocenters. The van der Waals surface area contributed by atoms with E-state index < -0.39 is 12.0 Å². The minimum atomic E-state index is -0.979. The lowest BCUT2D eigenvalue weighted by Gasteiger charge is -2.29. The number of carbonyl (C=O) groups excluding carboxylic acids is 1. The number of carboxylic acid groups (broad SMARTS) is 1. The number of nitrogens with one attached hydrogen (secondary N) is 1. The van der Waals surface area contributed by atoms with Crippen molar-refractivity contribution in [2.24, 2.45) is 0 Å². The van der Waals surface area contributed by atoms with Crippen molar-refractivity contribution >= 4 is 11.9 Å². The standard InChI is InChI=1S/C19H28N2O5/c1-4-5-6-15(19(23)24)20-18(22)12-21-8-7-13-9-16(25-2)17(26-3)10-14(13)11-21/h9-10,15H,4-8,11-12H2,1-3H3,(H,20,22)(H,23,24)/t15-/m0/s1. The van der Waals surface area contributed by atoms with E-state index in [1.807, 2.05) is 24.0 Å². The van der Waals surface area contributed by atoms with E-state index in [0.29, 0.717) is 24.5 Å². The number of carboxylic acids is 1. The van der Waals surface area contributed by atoms with Crippen molar-refractivity contribution in [1.82, 2.24) is 10.2 Å². The highest BCUT2D eigenvalue weighted by atomic mass is 16.5. The zero-order valence-electron chi connectivity index (χ0n) is 15.7. The van der Waals surface area contributed by atoms with Crippen LogP contribution in [-0.4, -0.2) is 55.2 Å². The van der Waals surface area contributed by atoms with Crippen LogP contribution in [0, 0.1) is 0 Å². The summed E-state index contributed by atoms with van der Waals surface area (Å²) in [6.07, 6.45) is 2.93. The van der Waals surface area contributed by atoms with Gasteiger partial charge in [-0.25, -0.2) is 4.79 Å². The molecule has 144 valence electrons. The zero-order chi connectivity index (χ0) is 19.1. The first-order valence-corrected chi connectivity index (χ1v) is 8.96. The third-order valence-electron chi connectivity index (χ3n) is 4.64. The number of fused-ring (bicyclic) bond motifs is 1. The first kappa shape index (κ1) is 20.0. The molecule has 7 nitrogen and oxygen atoms in total. The maximum atomic E-state index is 12.3. The van der Waals surface area contributed by atoms with Crippen LogP contribution in [0.4, 0.5) is 0 Å². The van der Waals surface area contributed by atoms with Crippen molar-refractivity contribution in [3.05, 3.63) is 23.3 Å². The van der Waals surface area contributed by atoms with Gasteiger partial charge in [0.05, 0.1) is 20.8 Å². The largest absolute Gasteiger partial charge is 0.493 e. The lowest BCUT2D eigenvalue weighted by Crippen LogP contribution is -2.46. The SMILES string of the molecule is CCCC[C@H](NC(=O)CN1CCc2cc(OC)c(OC)cc2C1)C(=O)O. The normalized spacial score (nSPS) is 15.0. The third-order valence-corrected chi connectivity index (χ3v) is 4.64. The number of methoxy groups -OCH3 is 2. The Balaban J connectivity index is 1.97. The highest BCUT2D eigenvalue weighted by Gasteiger charge is 2.24. The minimum absolute atomic E-state index is 0.184. The molecular weight excluding hydrogens is 336 g/mol. The topological polar surface area (TPSA) is 88.1 Å². The molecule has 1 aliphatic rings. The van der Waals surface area contributed by atoms with Crippen LogP contribution >= 0.6 is 0 Å². The van der Waals surface area contributed by atoms with Crippen molar-refractivity contribution in [1.29, 1.82) is 0 Å². The highest BCUT2D eigenvalue weighted by Crippen LogP contribution is 2.33. The molecule has 0 aromatic heterocycles. The molecule has 0 fully saturated rings. The number of aliphatic carboxylic acids is 1. The molecule has 0 unspecified atom stereocenters. The summed E-state index contributed by atoms with van der Waals surface area (Å²) in [7, 11) is 3.21. The molecule has 2 N–H and O–H groups in total. The van der Waals surface area contributed by atoms with Crippen molar-refractivity contribution in [2.45, 2.75) is 45.2 Å². The van der Waals surface area contributed by atoms with Crippen molar-refractivity contribution in [3.63, 3.8) is 0 Å². The number of benzene rings is 1. The molecule has 0 radical (unpaired) electrons. The van der Waals surface area contributed by atoms with Gasteiger partial charge >= 0.3 is 5.97 Å². The molecule has 1 aromatic carbocycles. The van der Waals surface area contributed by atoms with E-state index in [1.54, 1.807) is 14.2 Å². The Labute approximate surface area is 154 Å². The summed E-state index contributed by atoms with van der Waals surface area (Å²) in [5.41, 5.74) is 2.29. The van der Waals surface area contributed by atoms with E-state index in [9.17, 15) is 14.7 Å². The van der Waals surface area contributed by atoms with Gasteiger partial charge in [-0.1, -0.05) is 19.8 Å². The Morgan fingerprint density at radius 1 is 1.23 bits per heavy atom. The van der Waals surface area contributed by atoms with Crippen LogP contribution in [-0.2, 0) is 22.6 Å². The average molecular weight is 364 g/mol. The minimum Gasteiger partial charge on any atom is -0.493 e. The molecular formula is C19H28N2O5. The van der Waals surface area contributed by atoms with Crippen molar-refractivity contribution < 1.29 is 24.2 Å². The molecule has 7 heteroatoms. The highest BCUT2D eigenvalue weighted by molar-refractivity contribution is 5.84. The molecule has 1 amide bonds. The van der Waals surface area contributed by atoms with E-state index in [-0.39, 0.29) is 12.5 Å². The Kier molecular flexibility index (Phi) is 7.26. The molecule has 0 spiro atoms. The average Bonchev–Trinajstić information content (AvgIpc) is 2.63. The van der Waals surface area contributed by atoms with Crippen molar-refractivity contribution in [2.75, 3.05) is 27.3 Å². The van der Waals surface area contributed by atoms with Gasteiger partial charge in [0.15, 0.2) is 11.5 Å². The Hall–Kier alpha value is -2.28. The number of hydrogen-bond donors (Lipinski definition) is 2. The molecule has 2 rings (SSSR count). The number of ether oxygens (including phenoxy) is 2. The fraction of sp³-hybridized carbons (Fsp3) is 0.579. The zero-order valence-corrected chi connectivity index (χ0v) is 15.7. The lowest BCUT2D eigenvalue weighted by molar-refractivity contribution is -0.142. The van der Waals surface area contributed by atoms with Gasteiger partial charge in [-0.2, -0.15) is 0 Å². The summed E-state index contributed by atoms with van der Waals surface area (Å²) in [5, 5.41) is 11.9. The fourth-order valence-electron chi connectivity index (χ4n) is 3.19. The molecule has 1 heterocycles. The van der Waals surface area contributed by atoms with Crippen LogP contribution in [0.25, 0.3) is 0 Å². The number of nitrogens with zero attached hydrogens (tertiary/aromatic N) is 1. The van der Waals surface area contributed by atoms with Gasteiger partial charge < -0.3 is 19.9 Å². The van der Waals surface area contributed by atoms with Crippen LogP contribution < -0.4 is 14.8 Å². The van der Waals surface area contributed by atoms with Gasteiger partial charge in [0.25, 0.3) is 0 Å². The summed E-state index contributed by atoms with van der Waals surface area (Å²) in [6.45, 7) is 3.54. The van der Waals surface area contributed by atoms with E-state index in [0.717, 1.165) is 31.4 Å². The summed E-state index contributed by atoms with van der Waals surface area (Å²) < 4.78 is 10.7. The number of unbranched alkanes of at least 4 members (excludes halogenated alkanes) is 1. The van der Waals surface area contributed by atoms with Crippen LogP contribution in [0.5, 0.6) is 11.5 Å². The predicted molar refractivity (Wildman–Crippen MR) is 97.6 cm³/mol. The van der Waals surface area contributed by atoms with Gasteiger partial charge in [0.2, 0.25) is 5.91 Å². The molecule has 1 aliphatic heterocycles.